The lowest BCUT2D eigenvalue weighted by molar-refractivity contribution is -0.137. The van der Waals surface area contributed by atoms with Crippen molar-refractivity contribution in [3.8, 4) is 0 Å². The van der Waals surface area contributed by atoms with Crippen LogP contribution >= 0.6 is 11.5 Å². The normalized spacial score (nSPS) is 15.8. The summed E-state index contributed by atoms with van der Waals surface area (Å²) in [6.45, 7) is 0. The number of rotatable bonds is 6. The summed E-state index contributed by atoms with van der Waals surface area (Å²) < 4.78 is 4.27. The smallest absolute Gasteiger partial charge is 0.326 e. The lowest BCUT2D eigenvalue weighted by atomic mass is 10.1. The molecule has 1 aromatic heterocycles. The first kappa shape index (κ1) is 13.1. The molecule has 0 unspecified atom stereocenters. The van der Waals surface area contributed by atoms with Crippen molar-refractivity contribution in [1.82, 2.24) is 9.36 Å². The number of carboxylic acids is 1. The Bertz CT molecular complexity index is 595. The van der Waals surface area contributed by atoms with Gasteiger partial charge >= 0.3 is 5.97 Å². The van der Waals surface area contributed by atoms with E-state index in [-0.39, 0.29) is 0 Å². The van der Waals surface area contributed by atoms with Gasteiger partial charge in [-0.3, -0.25) is 0 Å². The minimum Gasteiger partial charge on any atom is -0.480 e. The van der Waals surface area contributed by atoms with Crippen molar-refractivity contribution in [2.24, 2.45) is 0 Å². The number of carboxylic acid groups (broad SMARTS) is 1. The Morgan fingerprint density at radius 1 is 1.40 bits per heavy atom. The average Bonchev–Trinajstić information content (AvgIpc) is 3.19. The molecule has 3 rings (SSSR count). The van der Waals surface area contributed by atoms with Gasteiger partial charge in [-0.15, -0.1) is 0 Å². The van der Waals surface area contributed by atoms with Crippen LogP contribution in [0.1, 0.15) is 30.1 Å². The van der Waals surface area contributed by atoms with Crippen LogP contribution in [0.2, 0.25) is 0 Å². The van der Waals surface area contributed by atoms with Crippen LogP contribution in [-0.4, -0.2) is 26.5 Å². The molecular formula is C14H15N3O2S. The van der Waals surface area contributed by atoms with Crippen LogP contribution in [0.15, 0.2) is 30.3 Å². The summed E-state index contributed by atoms with van der Waals surface area (Å²) in [5.74, 6) is 0.456. The maximum absolute atomic E-state index is 11.4. The maximum Gasteiger partial charge on any atom is 0.326 e. The van der Waals surface area contributed by atoms with Crippen molar-refractivity contribution in [3.05, 3.63) is 41.7 Å². The molecule has 5 nitrogen and oxygen atoms in total. The summed E-state index contributed by atoms with van der Waals surface area (Å²) in [5, 5.41) is 12.9. The Kier molecular flexibility index (Phi) is 3.64. The van der Waals surface area contributed by atoms with Gasteiger partial charge in [0.25, 0.3) is 0 Å². The summed E-state index contributed by atoms with van der Waals surface area (Å²) in [5.41, 5.74) is 0.985. The Morgan fingerprint density at radius 3 is 2.80 bits per heavy atom. The Balaban J connectivity index is 1.68. The van der Waals surface area contributed by atoms with Crippen LogP contribution in [0.25, 0.3) is 0 Å². The molecule has 1 fully saturated rings. The van der Waals surface area contributed by atoms with Crippen molar-refractivity contribution in [3.63, 3.8) is 0 Å². The van der Waals surface area contributed by atoms with E-state index < -0.39 is 12.0 Å². The third-order valence-electron chi connectivity index (χ3n) is 3.26. The molecule has 0 bridgehead atoms. The molecule has 1 heterocycles. The van der Waals surface area contributed by atoms with Gasteiger partial charge in [-0.1, -0.05) is 30.3 Å². The van der Waals surface area contributed by atoms with Gasteiger partial charge in [0, 0.05) is 23.9 Å². The number of carbonyl (C=O) groups is 1. The van der Waals surface area contributed by atoms with E-state index in [9.17, 15) is 9.90 Å². The Hall–Kier alpha value is -1.95. The lowest BCUT2D eigenvalue weighted by Gasteiger charge is -2.13. The van der Waals surface area contributed by atoms with Gasteiger partial charge in [-0.05, 0) is 18.4 Å². The molecule has 20 heavy (non-hydrogen) atoms. The van der Waals surface area contributed by atoms with E-state index in [2.05, 4.69) is 14.7 Å². The second-order valence-electron chi connectivity index (χ2n) is 4.96. The molecule has 1 saturated carbocycles. The van der Waals surface area contributed by atoms with E-state index in [1.807, 2.05) is 30.3 Å². The molecule has 2 aromatic rings. The molecule has 1 aromatic carbocycles. The fourth-order valence-corrected chi connectivity index (χ4v) is 2.70. The number of aromatic nitrogens is 2. The minimum atomic E-state index is -0.878. The zero-order valence-electron chi connectivity index (χ0n) is 10.8. The van der Waals surface area contributed by atoms with Gasteiger partial charge in [0.2, 0.25) is 5.13 Å². The number of aliphatic carboxylic acids is 1. The minimum absolute atomic E-state index is 0.425. The monoisotopic (exact) mass is 289 g/mol. The fraction of sp³-hybridized carbons (Fsp3) is 0.357. The molecule has 0 radical (unpaired) electrons. The molecule has 0 spiro atoms. The second-order valence-corrected chi connectivity index (χ2v) is 5.71. The van der Waals surface area contributed by atoms with Crippen molar-refractivity contribution >= 4 is 22.6 Å². The van der Waals surface area contributed by atoms with Gasteiger partial charge in [0.15, 0.2) is 0 Å². The zero-order chi connectivity index (χ0) is 13.9. The highest BCUT2D eigenvalue weighted by Crippen LogP contribution is 2.39. The standard InChI is InChI=1S/C14H15N3O2S/c18-13(19)11(8-9-4-2-1-3-5-9)15-14-16-12(17-20-14)10-6-7-10/h1-5,10-11H,6-8H2,(H,18,19)(H,15,16,17)/t11-/m1/s1. The van der Waals surface area contributed by atoms with Crippen LogP contribution in [0.4, 0.5) is 5.13 Å². The molecule has 1 aliphatic carbocycles. The van der Waals surface area contributed by atoms with Gasteiger partial charge in [0.05, 0.1) is 0 Å². The van der Waals surface area contributed by atoms with E-state index in [1.165, 1.54) is 11.5 Å². The quantitative estimate of drug-likeness (QED) is 0.854. The molecule has 1 aliphatic rings. The number of hydrogen-bond donors (Lipinski definition) is 2. The average molecular weight is 289 g/mol. The van der Waals surface area contributed by atoms with Crippen molar-refractivity contribution in [2.45, 2.75) is 31.2 Å². The Labute approximate surface area is 120 Å². The second kappa shape index (κ2) is 5.58. The Morgan fingerprint density at radius 2 is 2.15 bits per heavy atom. The predicted octanol–water partition coefficient (Wildman–Crippen LogP) is 2.52. The summed E-state index contributed by atoms with van der Waals surface area (Å²) >= 11 is 1.24. The first-order valence-electron chi connectivity index (χ1n) is 6.59. The van der Waals surface area contributed by atoms with Crippen molar-refractivity contribution < 1.29 is 9.90 Å². The predicted molar refractivity (Wildman–Crippen MR) is 77.1 cm³/mol. The highest BCUT2D eigenvalue weighted by Gasteiger charge is 2.28. The van der Waals surface area contributed by atoms with Gasteiger partial charge in [-0.2, -0.15) is 4.37 Å². The summed E-state index contributed by atoms with van der Waals surface area (Å²) in [6.07, 6.45) is 2.71. The van der Waals surface area contributed by atoms with Crippen LogP contribution in [0.5, 0.6) is 0 Å². The summed E-state index contributed by atoms with van der Waals surface area (Å²) in [7, 11) is 0. The topological polar surface area (TPSA) is 75.1 Å². The highest BCUT2D eigenvalue weighted by atomic mass is 32.1. The molecule has 0 aliphatic heterocycles. The van der Waals surface area contributed by atoms with Crippen molar-refractivity contribution in [1.29, 1.82) is 0 Å². The number of nitrogens with zero attached hydrogens (tertiary/aromatic N) is 2. The van der Waals surface area contributed by atoms with E-state index in [1.54, 1.807) is 0 Å². The molecule has 0 amide bonds. The van der Waals surface area contributed by atoms with E-state index in [0.29, 0.717) is 17.5 Å². The maximum atomic E-state index is 11.4. The van der Waals surface area contributed by atoms with E-state index in [0.717, 1.165) is 24.2 Å². The molecular weight excluding hydrogens is 274 g/mol. The number of benzene rings is 1. The van der Waals surface area contributed by atoms with E-state index in [4.69, 9.17) is 0 Å². The summed E-state index contributed by atoms with van der Waals surface area (Å²) in [6, 6.07) is 8.90. The third kappa shape index (κ3) is 3.14. The van der Waals surface area contributed by atoms with Crippen LogP contribution in [0, 0.1) is 0 Å². The SMILES string of the molecule is O=C(O)[C@@H](Cc1ccccc1)Nc1nc(C2CC2)ns1. The van der Waals surface area contributed by atoms with Gasteiger partial charge in [-0.25, -0.2) is 9.78 Å². The molecule has 104 valence electrons. The summed E-state index contributed by atoms with van der Waals surface area (Å²) in [4.78, 5) is 15.7. The number of anilines is 1. The number of hydrogen-bond acceptors (Lipinski definition) is 5. The van der Waals surface area contributed by atoms with Crippen LogP contribution in [0.3, 0.4) is 0 Å². The lowest BCUT2D eigenvalue weighted by Crippen LogP contribution is -2.31. The van der Waals surface area contributed by atoms with E-state index >= 15 is 0 Å². The largest absolute Gasteiger partial charge is 0.480 e. The first-order chi connectivity index (χ1) is 9.72. The first-order valence-corrected chi connectivity index (χ1v) is 7.36. The fourth-order valence-electron chi connectivity index (χ4n) is 2.00. The van der Waals surface area contributed by atoms with Gasteiger partial charge in [0.1, 0.15) is 11.9 Å². The molecule has 2 N–H and O–H groups in total. The third-order valence-corrected chi connectivity index (χ3v) is 3.92. The molecule has 6 heteroatoms. The molecule has 0 saturated heterocycles. The molecule has 1 atom stereocenters. The van der Waals surface area contributed by atoms with Crippen LogP contribution < -0.4 is 5.32 Å². The van der Waals surface area contributed by atoms with Crippen LogP contribution in [-0.2, 0) is 11.2 Å². The highest BCUT2D eigenvalue weighted by molar-refractivity contribution is 7.09. The van der Waals surface area contributed by atoms with Gasteiger partial charge < -0.3 is 10.4 Å². The van der Waals surface area contributed by atoms with Crippen molar-refractivity contribution in [2.75, 3.05) is 5.32 Å². The zero-order valence-corrected chi connectivity index (χ0v) is 11.6. The number of nitrogens with one attached hydrogen (secondary N) is 1.